The second-order valence-electron chi connectivity index (χ2n) is 5.63. The largest absolute Gasteiger partial charge is 0.338 e. The number of hydrogen-bond acceptors (Lipinski definition) is 3. The van der Waals surface area contributed by atoms with Gasteiger partial charge in [-0.2, -0.15) is 0 Å². The molecule has 0 radical (unpaired) electrons. The van der Waals surface area contributed by atoms with Crippen molar-refractivity contribution in [2.45, 2.75) is 13.3 Å². The van der Waals surface area contributed by atoms with Gasteiger partial charge in [-0.15, -0.1) is 0 Å². The van der Waals surface area contributed by atoms with Crippen LogP contribution in [0.4, 0.5) is 16.2 Å². The Hall–Kier alpha value is -2.83. The molecule has 1 aliphatic heterocycles. The van der Waals surface area contributed by atoms with Crippen LogP contribution in [-0.2, 0) is 9.59 Å². The van der Waals surface area contributed by atoms with Gasteiger partial charge in [0.25, 0.3) is 0 Å². The molecule has 128 valence electrons. The zero-order valence-corrected chi connectivity index (χ0v) is 14.0. The lowest BCUT2D eigenvalue weighted by Crippen LogP contribution is -2.46. The summed E-state index contributed by atoms with van der Waals surface area (Å²) >= 11 is 0. The highest BCUT2D eigenvalue weighted by Crippen LogP contribution is 2.27. The van der Waals surface area contributed by atoms with E-state index in [1.54, 1.807) is 17.0 Å². The highest BCUT2D eigenvalue weighted by Gasteiger charge is 2.22. The van der Waals surface area contributed by atoms with Crippen LogP contribution in [0.1, 0.15) is 12.0 Å². The van der Waals surface area contributed by atoms with Crippen molar-refractivity contribution >= 4 is 29.2 Å². The summed E-state index contributed by atoms with van der Waals surface area (Å²) in [6.45, 7) is 6.49. The Labute approximate surface area is 141 Å². The van der Waals surface area contributed by atoms with Crippen molar-refractivity contribution in [1.29, 1.82) is 0 Å². The zero-order valence-electron chi connectivity index (χ0n) is 14.0. The van der Waals surface area contributed by atoms with Gasteiger partial charge in [0.2, 0.25) is 11.8 Å². The SMILES string of the molecule is C=CC(=O)N(C)CC(=O)Nc1cccc(N2CCCNC2=O)c1C. The molecule has 0 bridgehead atoms. The molecule has 0 atom stereocenters. The number of anilines is 2. The van der Waals surface area contributed by atoms with E-state index in [1.807, 2.05) is 13.0 Å². The van der Waals surface area contributed by atoms with Gasteiger partial charge >= 0.3 is 6.03 Å². The first-order valence-electron chi connectivity index (χ1n) is 7.76. The number of benzene rings is 1. The molecule has 1 fully saturated rings. The second-order valence-corrected chi connectivity index (χ2v) is 5.63. The van der Waals surface area contributed by atoms with Gasteiger partial charge in [0.15, 0.2) is 0 Å². The number of carbonyl (C=O) groups is 3. The molecule has 0 aliphatic carbocycles. The number of hydrogen-bond donors (Lipinski definition) is 2. The predicted molar refractivity (Wildman–Crippen MR) is 93.0 cm³/mol. The Kier molecular flexibility index (Phi) is 5.57. The lowest BCUT2D eigenvalue weighted by Gasteiger charge is -2.29. The molecule has 7 heteroatoms. The fraction of sp³-hybridized carbons (Fsp3) is 0.353. The third kappa shape index (κ3) is 3.92. The van der Waals surface area contributed by atoms with Crippen molar-refractivity contribution in [3.8, 4) is 0 Å². The number of likely N-dealkylation sites (N-methyl/N-ethyl adjacent to an activating group) is 1. The quantitative estimate of drug-likeness (QED) is 0.803. The summed E-state index contributed by atoms with van der Waals surface area (Å²) in [5, 5.41) is 5.60. The summed E-state index contributed by atoms with van der Waals surface area (Å²) in [6.07, 6.45) is 2.03. The first kappa shape index (κ1) is 17.5. The van der Waals surface area contributed by atoms with Gasteiger partial charge in [0.1, 0.15) is 0 Å². The summed E-state index contributed by atoms with van der Waals surface area (Å²) in [5.41, 5.74) is 2.19. The zero-order chi connectivity index (χ0) is 17.7. The predicted octanol–water partition coefficient (Wildman–Crippen LogP) is 1.50. The van der Waals surface area contributed by atoms with E-state index in [0.717, 1.165) is 23.7 Å². The van der Waals surface area contributed by atoms with Crippen LogP contribution in [0.15, 0.2) is 30.9 Å². The van der Waals surface area contributed by atoms with Gasteiger partial charge < -0.3 is 15.5 Å². The van der Waals surface area contributed by atoms with E-state index in [2.05, 4.69) is 17.2 Å². The van der Waals surface area contributed by atoms with Crippen molar-refractivity contribution in [3.05, 3.63) is 36.4 Å². The lowest BCUT2D eigenvalue weighted by atomic mass is 10.1. The van der Waals surface area contributed by atoms with Gasteiger partial charge in [-0.25, -0.2) is 4.79 Å². The third-order valence-electron chi connectivity index (χ3n) is 3.88. The van der Waals surface area contributed by atoms with Crippen LogP contribution < -0.4 is 15.5 Å². The average Bonchev–Trinajstić information content (AvgIpc) is 2.56. The topological polar surface area (TPSA) is 81.8 Å². The summed E-state index contributed by atoms with van der Waals surface area (Å²) in [6, 6.07) is 5.28. The molecule has 0 unspecified atom stereocenters. The minimum Gasteiger partial charge on any atom is -0.338 e. The molecule has 1 saturated heterocycles. The minimum atomic E-state index is -0.319. The lowest BCUT2D eigenvalue weighted by molar-refractivity contribution is -0.129. The Morgan fingerprint density at radius 2 is 2.21 bits per heavy atom. The number of nitrogens with zero attached hydrogens (tertiary/aromatic N) is 2. The van der Waals surface area contributed by atoms with Crippen molar-refractivity contribution < 1.29 is 14.4 Å². The molecule has 1 aromatic rings. The van der Waals surface area contributed by atoms with E-state index in [4.69, 9.17) is 0 Å². The van der Waals surface area contributed by atoms with Crippen molar-refractivity contribution in [3.63, 3.8) is 0 Å². The Balaban J connectivity index is 2.12. The molecular weight excluding hydrogens is 308 g/mol. The van der Waals surface area contributed by atoms with Crippen LogP contribution in [-0.4, -0.2) is 49.4 Å². The fourth-order valence-electron chi connectivity index (χ4n) is 2.55. The summed E-state index contributed by atoms with van der Waals surface area (Å²) in [4.78, 5) is 38.5. The van der Waals surface area contributed by atoms with Crippen LogP contribution in [0.25, 0.3) is 0 Å². The molecule has 24 heavy (non-hydrogen) atoms. The number of amides is 4. The van der Waals surface area contributed by atoms with E-state index in [-0.39, 0.29) is 24.4 Å². The van der Waals surface area contributed by atoms with E-state index < -0.39 is 0 Å². The molecule has 1 aliphatic rings. The van der Waals surface area contributed by atoms with Crippen LogP contribution in [0.2, 0.25) is 0 Å². The van der Waals surface area contributed by atoms with E-state index in [9.17, 15) is 14.4 Å². The summed E-state index contributed by atoms with van der Waals surface area (Å²) in [5.74, 6) is -0.628. The minimum absolute atomic E-state index is 0.0707. The molecular formula is C17H22N4O3. The van der Waals surface area contributed by atoms with Crippen molar-refractivity contribution in [1.82, 2.24) is 10.2 Å². The van der Waals surface area contributed by atoms with Gasteiger partial charge in [-0.05, 0) is 37.1 Å². The first-order chi connectivity index (χ1) is 11.4. The Morgan fingerprint density at radius 1 is 1.46 bits per heavy atom. The van der Waals surface area contributed by atoms with E-state index in [1.165, 1.54) is 11.9 Å². The Morgan fingerprint density at radius 3 is 2.88 bits per heavy atom. The van der Waals surface area contributed by atoms with Gasteiger partial charge in [-0.3, -0.25) is 14.5 Å². The molecule has 1 aromatic carbocycles. The molecule has 4 amide bonds. The highest BCUT2D eigenvalue weighted by molar-refractivity contribution is 5.99. The molecule has 0 aromatic heterocycles. The molecule has 2 rings (SSSR count). The van der Waals surface area contributed by atoms with Gasteiger partial charge in [0, 0.05) is 25.8 Å². The summed E-state index contributed by atoms with van der Waals surface area (Å²) in [7, 11) is 1.53. The van der Waals surface area contributed by atoms with Crippen LogP contribution in [0.3, 0.4) is 0 Å². The molecule has 0 saturated carbocycles. The van der Waals surface area contributed by atoms with Crippen LogP contribution in [0.5, 0.6) is 0 Å². The van der Waals surface area contributed by atoms with Crippen LogP contribution in [0, 0.1) is 6.92 Å². The average molecular weight is 330 g/mol. The number of carbonyl (C=O) groups excluding carboxylic acids is 3. The standard InChI is InChI=1S/C17H22N4O3/c1-4-16(23)20(3)11-15(22)19-13-7-5-8-14(12(13)2)21-10-6-9-18-17(21)24/h4-5,7-8H,1,6,9-11H2,2-3H3,(H,18,24)(H,19,22). The van der Waals surface area contributed by atoms with Gasteiger partial charge in [0.05, 0.1) is 12.2 Å². The van der Waals surface area contributed by atoms with Gasteiger partial charge in [-0.1, -0.05) is 12.6 Å². The molecule has 1 heterocycles. The Bertz CT molecular complexity index is 672. The maximum atomic E-state index is 12.1. The van der Waals surface area contributed by atoms with Crippen molar-refractivity contribution in [2.24, 2.45) is 0 Å². The maximum Gasteiger partial charge on any atom is 0.321 e. The van der Waals surface area contributed by atoms with Crippen molar-refractivity contribution in [2.75, 3.05) is 36.9 Å². The maximum absolute atomic E-state index is 12.1. The monoisotopic (exact) mass is 330 g/mol. The second kappa shape index (κ2) is 7.63. The third-order valence-corrected chi connectivity index (χ3v) is 3.88. The van der Waals surface area contributed by atoms with E-state index >= 15 is 0 Å². The van der Waals surface area contributed by atoms with Crippen LogP contribution >= 0.6 is 0 Å². The number of nitrogens with one attached hydrogen (secondary N) is 2. The van der Waals surface area contributed by atoms with E-state index in [0.29, 0.717) is 18.8 Å². The normalized spacial score (nSPS) is 13.9. The molecule has 7 nitrogen and oxygen atoms in total. The fourth-order valence-corrected chi connectivity index (χ4v) is 2.55. The molecule has 2 N–H and O–H groups in total. The first-order valence-corrected chi connectivity index (χ1v) is 7.76. The summed E-state index contributed by atoms with van der Waals surface area (Å²) < 4.78 is 0. The molecule has 0 spiro atoms. The number of urea groups is 1. The number of rotatable bonds is 5. The smallest absolute Gasteiger partial charge is 0.321 e. The highest BCUT2D eigenvalue weighted by atomic mass is 16.2.